The van der Waals surface area contributed by atoms with Crippen LogP contribution in [0.4, 0.5) is 9.80 Å². The number of amides is 3. The lowest BCUT2D eigenvalue weighted by molar-refractivity contribution is -0.380. The summed E-state index contributed by atoms with van der Waals surface area (Å²) in [5.74, 6) is -0.886. The highest BCUT2D eigenvalue weighted by atomic mass is 32.2. The van der Waals surface area contributed by atoms with Gasteiger partial charge in [-0.1, -0.05) is 86.7 Å². The summed E-state index contributed by atoms with van der Waals surface area (Å²) in [6.45, 7) is 7.91. The number of carbonyl (C=O) groups excluding carboxylic acids is 2. The first-order valence-electron chi connectivity index (χ1n) is 16.3. The Morgan fingerprint density at radius 2 is 1.76 bits per heavy atom. The summed E-state index contributed by atoms with van der Waals surface area (Å²) in [6.07, 6.45) is 0.0416. The molecular formula is C34H44N6O8S2. The van der Waals surface area contributed by atoms with Crippen molar-refractivity contribution >= 4 is 44.5 Å². The van der Waals surface area contributed by atoms with Gasteiger partial charge in [0.05, 0.1) is 28.2 Å². The quantitative estimate of drug-likeness (QED) is 0.0800. The van der Waals surface area contributed by atoms with Gasteiger partial charge in [-0.2, -0.15) is 4.31 Å². The normalized spacial score (nSPS) is 15.7. The van der Waals surface area contributed by atoms with E-state index in [0.717, 1.165) is 16.9 Å². The molecule has 2 heterocycles. The van der Waals surface area contributed by atoms with Crippen LogP contribution < -0.4 is 5.32 Å². The Balaban J connectivity index is 1.56. The van der Waals surface area contributed by atoms with E-state index in [1.165, 1.54) is 45.8 Å². The zero-order valence-corrected chi connectivity index (χ0v) is 30.1. The van der Waals surface area contributed by atoms with Crippen molar-refractivity contribution in [2.75, 3.05) is 26.2 Å². The number of sulfonamides is 1. The SMILES string of the molecule is CC(C)CN(C[C@@H](O)[C@H](Cc1ccccc1)NC(=O)[C@H](C(C)C)N1CCN(Cc2csc([N+](=O)[O-])c2)C1=O)S(=O)(=O)c1ccc(C=NO)cc1. The smallest absolute Gasteiger partial charge is 0.324 e. The molecule has 3 N–H and O–H groups in total. The fourth-order valence-electron chi connectivity index (χ4n) is 5.95. The van der Waals surface area contributed by atoms with Crippen LogP contribution in [0.5, 0.6) is 0 Å². The van der Waals surface area contributed by atoms with Crippen molar-refractivity contribution in [2.24, 2.45) is 17.0 Å². The number of nitro groups is 1. The summed E-state index contributed by atoms with van der Waals surface area (Å²) in [4.78, 5) is 41.3. The third-order valence-electron chi connectivity index (χ3n) is 8.33. The van der Waals surface area contributed by atoms with E-state index in [1.54, 1.807) is 10.3 Å². The molecule has 1 aromatic heterocycles. The van der Waals surface area contributed by atoms with Crippen LogP contribution in [0, 0.1) is 22.0 Å². The lowest BCUT2D eigenvalue weighted by atomic mass is 9.97. The van der Waals surface area contributed by atoms with E-state index in [-0.39, 0.29) is 60.4 Å². The molecule has 0 saturated carbocycles. The third-order valence-corrected chi connectivity index (χ3v) is 11.1. The van der Waals surface area contributed by atoms with Crippen LogP contribution in [0.2, 0.25) is 0 Å². The van der Waals surface area contributed by atoms with Crippen molar-refractivity contribution in [1.29, 1.82) is 0 Å². The van der Waals surface area contributed by atoms with Crippen molar-refractivity contribution in [3.05, 3.63) is 92.8 Å². The van der Waals surface area contributed by atoms with E-state index < -0.39 is 39.0 Å². The Hall–Kier alpha value is -4.38. The van der Waals surface area contributed by atoms with Gasteiger partial charge in [-0.3, -0.25) is 14.9 Å². The van der Waals surface area contributed by atoms with Crippen LogP contribution in [0.3, 0.4) is 0 Å². The van der Waals surface area contributed by atoms with Crippen LogP contribution in [-0.2, 0) is 27.8 Å². The molecule has 270 valence electrons. The first-order chi connectivity index (χ1) is 23.7. The highest BCUT2D eigenvalue weighted by Gasteiger charge is 2.40. The Labute approximate surface area is 296 Å². The fourth-order valence-corrected chi connectivity index (χ4v) is 8.29. The van der Waals surface area contributed by atoms with Crippen LogP contribution >= 0.6 is 11.3 Å². The number of hydrogen-bond donors (Lipinski definition) is 3. The van der Waals surface area contributed by atoms with E-state index in [9.17, 15) is 33.2 Å². The number of thiophene rings is 1. The van der Waals surface area contributed by atoms with Crippen molar-refractivity contribution in [3.8, 4) is 0 Å². The molecule has 0 spiro atoms. The van der Waals surface area contributed by atoms with Gasteiger partial charge < -0.3 is 25.4 Å². The van der Waals surface area contributed by atoms with Gasteiger partial charge in [0.15, 0.2) is 0 Å². The van der Waals surface area contributed by atoms with E-state index in [2.05, 4.69) is 10.5 Å². The van der Waals surface area contributed by atoms with Gasteiger partial charge in [0, 0.05) is 44.2 Å². The standard InChI is InChI=1S/C34H44N6O8S2/c1-23(2)19-38(50(47,48)28-12-10-26(11-13-28)18-35-44)21-30(41)29(16-25-8-6-5-7-9-25)36-33(42)32(24(3)4)39-15-14-37(34(39)43)20-27-17-31(40(45)46)49-22-27/h5-13,17-18,22-24,29-30,32,41,44H,14-16,19-21H2,1-4H3,(H,36,42)/t29-,30+,32-/m0/s1. The number of aliphatic hydroxyl groups is 1. The molecule has 0 unspecified atom stereocenters. The maximum atomic E-state index is 14.1. The first-order valence-corrected chi connectivity index (χ1v) is 18.6. The topological polar surface area (TPSA) is 186 Å². The number of oxime groups is 1. The largest absolute Gasteiger partial charge is 0.411 e. The predicted octanol–water partition coefficient (Wildman–Crippen LogP) is 4.16. The first kappa shape index (κ1) is 38.4. The second-order valence-corrected chi connectivity index (χ2v) is 15.9. The van der Waals surface area contributed by atoms with E-state index >= 15 is 0 Å². The molecular weight excluding hydrogens is 685 g/mol. The maximum absolute atomic E-state index is 14.1. The van der Waals surface area contributed by atoms with Gasteiger partial charge in [0.1, 0.15) is 6.04 Å². The maximum Gasteiger partial charge on any atom is 0.324 e. The van der Waals surface area contributed by atoms with Crippen LogP contribution in [0.15, 0.2) is 76.1 Å². The minimum Gasteiger partial charge on any atom is -0.411 e. The number of nitrogens with one attached hydrogen (secondary N) is 1. The van der Waals surface area contributed by atoms with Gasteiger partial charge in [0.2, 0.25) is 15.9 Å². The van der Waals surface area contributed by atoms with Crippen molar-refractivity contribution in [2.45, 2.75) is 63.7 Å². The Kier molecular flexibility index (Phi) is 13.1. The molecule has 1 saturated heterocycles. The highest BCUT2D eigenvalue weighted by Crippen LogP contribution is 2.26. The zero-order valence-electron chi connectivity index (χ0n) is 28.5. The summed E-state index contributed by atoms with van der Waals surface area (Å²) >= 11 is 0.986. The average Bonchev–Trinajstić information content (AvgIpc) is 3.68. The molecule has 4 rings (SSSR count). The molecule has 1 fully saturated rings. The number of aliphatic hydroxyl groups excluding tert-OH is 1. The molecule has 0 radical (unpaired) electrons. The molecule has 1 aliphatic rings. The summed E-state index contributed by atoms with van der Waals surface area (Å²) in [6, 6.07) is 14.3. The van der Waals surface area contributed by atoms with Gasteiger partial charge in [-0.25, -0.2) is 13.2 Å². The third kappa shape index (κ3) is 9.65. The lowest BCUT2D eigenvalue weighted by Gasteiger charge is -2.34. The number of hydrogen-bond acceptors (Lipinski definition) is 10. The number of urea groups is 1. The summed E-state index contributed by atoms with van der Waals surface area (Å²) < 4.78 is 28.9. The summed E-state index contributed by atoms with van der Waals surface area (Å²) in [7, 11) is -4.08. The van der Waals surface area contributed by atoms with E-state index in [1.807, 2.05) is 58.0 Å². The van der Waals surface area contributed by atoms with Crippen LogP contribution in [-0.4, -0.2) is 100 Å². The second kappa shape index (κ2) is 17.0. The molecule has 50 heavy (non-hydrogen) atoms. The Morgan fingerprint density at radius 1 is 1.08 bits per heavy atom. The van der Waals surface area contributed by atoms with Gasteiger partial charge in [-0.15, -0.1) is 0 Å². The fraction of sp³-hybridized carbons (Fsp3) is 0.441. The van der Waals surface area contributed by atoms with E-state index in [0.29, 0.717) is 17.7 Å². The molecule has 0 bridgehead atoms. The molecule has 1 aliphatic heterocycles. The molecule has 0 aliphatic carbocycles. The minimum atomic E-state index is -4.08. The Bertz CT molecular complexity index is 1750. The molecule has 3 atom stereocenters. The molecule has 14 nitrogen and oxygen atoms in total. The van der Waals surface area contributed by atoms with Gasteiger partial charge in [-0.05, 0) is 47.1 Å². The molecule has 3 aromatic rings. The van der Waals surface area contributed by atoms with Gasteiger partial charge >= 0.3 is 11.0 Å². The number of nitrogens with zero attached hydrogens (tertiary/aromatic N) is 5. The summed E-state index contributed by atoms with van der Waals surface area (Å²) in [5, 5.41) is 39.2. The molecule has 3 amide bonds. The summed E-state index contributed by atoms with van der Waals surface area (Å²) in [5.41, 5.74) is 1.94. The van der Waals surface area contributed by atoms with Crippen molar-refractivity contribution < 1.29 is 33.2 Å². The van der Waals surface area contributed by atoms with Crippen LogP contribution in [0.1, 0.15) is 44.4 Å². The lowest BCUT2D eigenvalue weighted by Crippen LogP contribution is -2.57. The Morgan fingerprint density at radius 3 is 2.34 bits per heavy atom. The second-order valence-electron chi connectivity index (χ2n) is 13.0. The van der Waals surface area contributed by atoms with Crippen molar-refractivity contribution in [3.63, 3.8) is 0 Å². The molecule has 2 aromatic carbocycles. The van der Waals surface area contributed by atoms with Crippen LogP contribution in [0.25, 0.3) is 0 Å². The minimum absolute atomic E-state index is 0.00175. The number of carbonyl (C=O) groups is 2. The van der Waals surface area contributed by atoms with E-state index in [4.69, 9.17) is 5.21 Å². The predicted molar refractivity (Wildman–Crippen MR) is 190 cm³/mol. The zero-order chi connectivity index (χ0) is 36.6. The average molecular weight is 729 g/mol. The number of benzene rings is 2. The highest BCUT2D eigenvalue weighted by molar-refractivity contribution is 7.89. The van der Waals surface area contributed by atoms with Gasteiger partial charge in [0.25, 0.3) is 0 Å². The number of rotatable bonds is 17. The van der Waals surface area contributed by atoms with Crippen molar-refractivity contribution in [1.82, 2.24) is 19.4 Å². The molecule has 16 heteroatoms. The monoisotopic (exact) mass is 728 g/mol.